The Balaban J connectivity index is 2.31. The number of ether oxygens (including phenoxy) is 1. The van der Waals surface area contributed by atoms with E-state index in [1.54, 1.807) is 0 Å². The molecule has 0 saturated carbocycles. The number of benzene rings is 1. The predicted molar refractivity (Wildman–Crippen MR) is 83.5 cm³/mol. The van der Waals surface area contributed by atoms with Crippen LogP contribution in [0.25, 0.3) is 0 Å². The quantitative estimate of drug-likeness (QED) is 0.541. The second-order valence-corrected chi connectivity index (χ2v) is 5.04. The Morgan fingerprint density at radius 3 is 2.65 bits per heavy atom. The van der Waals surface area contributed by atoms with Crippen LogP contribution in [0.2, 0.25) is 0 Å². The van der Waals surface area contributed by atoms with Crippen molar-refractivity contribution in [3.8, 4) is 0 Å². The molecule has 0 amide bonds. The fourth-order valence-corrected chi connectivity index (χ4v) is 1.86. The van der Waals surface area contributed by atoms with E-state index in [2.05, 4.69) is 13.0 Å². The van der Waals surface area contributed by atoms with Crippen LogP contribution >= 0.6 is 0 Å². The zero-order valence-corrected chi connectivity index (χ0v) is 12.6. The third kappa shape index (κ3) is 6.93. The minimum Gasteiger partial charge on any atom is -0.462 e. The fourth-order valence-electron chi connectivity index (χ4n) is 1.86. The van der Waals surface area contributed by atoms with E-state index >= 15 is 0 Å². The lowest BCUT2D eigenvalue weighted by Crippen LogP contribution is -2.16. The summed E-state index contributed by atoms with van der Waals surface area (Å²) in [5, 5.41) is 0. The molecule has 0 aromatic heterocycles. The van der Waals surface area contributed by atoms with E-state index in [0.717, 1.165) is 18.4 Å². The zero-order valence-electron chi connectivity index (χ0n) is 12.6. The Labute approximate surface area is 122 Å². The van der Waals surface area contributed by atoms with Crippen LogP contribution in [0, 0.1) is 0 Å². The van der Waals surface area contributed by atoms with Gasteiger partial charge in [-0.2, -0.15) is 0 Å². The predicted octanol–water partition coefficient (Wildman–Crippen LogP) is 4.46. The van der Waals surface area contributed by atoms with E-state index in [1.807, 2.05) is 56.3 Å². The lowest BCUT2D eigenvalue weighted by Gasteiger charge is -2.13. The van der Waals surface area contributed by atoms with Crippen molar-refractivity contribution in [2.45, 2.75) is 46.1 Å². The highest BCUT2D eigenvalue weighted by atomic mass is 16.5. The van der Waals surface area contributed by atoms with Crippen LogP contribution in [0.3, 0.4) is 0 Å². The Morgan fingerprint density at radius 1 is 1.30 bits per heavy atom. The van der Waals surface area contributed by atoms with Gasteiger partial charge in [-0.1, -0.05) is 54.1 Å². The zero-order chi connectivity index (χ0) is 14.8. The van der Waals surface area contributed by atoms with Gasteiger partial charge in [0.25, 0.3) is 0 Å². The van der Waals surface area contributed by atoms with E-state index < -0.39 is 0 Å². The molecule has 1 aromatic carbocycles. The first-order chi connectivity index (χ1) is 9.61. The summed E-state index contributed by atoms with van der Waals surface area (Å²) in [6.45, 7) is 6.04. The SMILES string of the molecule is C/C=C/C=C(\C)CCC(C)OC(=O)Cc1ccccc1. The molecule has 1 aromatic rings. The average Bonchev–Trinajstić information content (AvgIpc) is 2.43. The number of carbonyl (C=O) groups is 1. The first-order valence-electron chi connectivity index (χ1n) is 7.13. The van der Waals surface area contributed by atoms with Crippen LogP contribution in [0.4, 0.5) is 0 Å². The molecule has 0 N–H and O–H groups in total. The standard InChI is InChI=1S/C18H24O2/c1-4-5-9-15(2)12-13-16(3)20-18(19)14-17-10-7-6-8-11-17/h4-11,16H,12-14H2,1-3H3/b5-4+,15-9+. The smallest absolute Gasteiger partial charge is 0.310 e. The molecule has 2 heteroatoms. The van der Waals surface area contributed by atoms with Gasteiger partial charge in [0.1, 0.15) is 0 Å². The number of hydrogen-bond acceptors (Lipinski definition) is 2. The molecule has 0 radical (unpaired) electrons. The summed E-state index contributed by atoms with van der Waals surface area (Å²) in [5.74, 6) is -0.154. The van der Waals surface area contributed by atoms with Crippen molar-refractivity contribution < 1.29 is 9.53 Å². The highest BCUT2D eigenvalue weighted by Gasteiger charge is 2.10. The van der Waals surface area contributed by atoms with Crippen LogP contribution in [-0.2, 0) is 16.0 Å². The molecule has 1 rings (SSSR count). The van der Waals surface area contributed by atoms with E-state index in [0.29, 0.717) is 6.42 Å². The van der Waals surface area contributed by atoms with Crippen LogP contribution in [-0.4, -0.2) is 12.1 Å². The minimum absolute atomic E-state index is 0.0415. The molecule has 2 nitrogen and oxygen atoms in total. The van der Waals surface area contributed by atoms with E-state index in [4.69, 9.17) is 4.74 Å². The van der Waals surface area contributed by atoms with Crippen LogP contribution < -0.4 is 0 Å². The molecule has 0 aliphatic heterocycles. The molecule has 0 heterocycles. The van der Waals surface area contributed by atoms with E-state index in [-0.39, 0.29) is 12.1 Å². The largest absolute Gasteiger partial charge is 0.462 e. The molecule has 108 valence electrons. The molecular weight excluding hydrogens is 248 g/mol. The first kappa shape index (κ1) is 16.2. The first-order valence-corrected chi connectivity index (χ1v) is 7.13. The van der Waals surface area contributed by atoms with Gasteiger partial charge in [0.15, 0.2) is 0 Å². The molecule has 0 fully saturated rings. The molecule has 0 bridgehead atoms. The van der Waals surface area contributed by atoms with E-state index in [1.165, 1.54) is 5.57 Å². The van der Waals surface area contributed by atoms with Gasteiger partial charge in [-0.15, -0.1) is 0 Å². The highest BCUT2D eigenvalue weighted by Crippen LogP contribution is 2.11. The lowest BCUT2D eigenvalue weighted by atomic mass is 10.1. The number of hydrogen-bond donors (Lipinski definition) is 0. The van der Waals surface area contributed by atoms with Crippen molar-refractivity contribution in [1.29, 1.82) is 0 Å². The number of esters is 1. The van der Waals surface area contributed by atoms with Crippen molar-refractivity contribution in [3.63, 3.8) is 0 Å². The van der Waals surface area contributed by atoms with Crippen molar-refractivity contribution in [3.05, 3.63) is 59.7 Å². The van der Waals surface area contributed by atoms with Crippen molar-refractivity contribution in [2.24, 2.45) is 0 Å². The molecule has 1 unspecified atom stereocenters. The molecule has 0 aliphatic carbocycles. The summed E-state index contributed by atoms with van der Waals surface area (Å²) in [5.41, 5.74) is 2.29. The molecule has 0 saturated heterocycles. The normalized spacial score (nSPS) is 13.4. The second-order valence-electron chi connectivity index (χ2n) is 5.04. The summed E-state index contributed by atoms with van der Waals surface area (Å²) >= 11 is 0. The number of carbonyl (C=O) groups excluding carboxylic acids is 1. The van der Waals surface area contributed by atoms with Gasteiger partial charge < -0.3 is 4.74 Å². The van der Waals surface area contributed by atoms with Gasteiger partial charge in [-0.25, -0.2) is 0 Å². The van der Waals surface area contributed by atoms with Gasteiger partial charge in [-0.3, -0.25) is 4.79 Å². The second kappa shape index (κ2) is 9.13. The third-order valence-electron chi connectivity index (χ3n) is 3.04. The Morgan fingerprint density at radius 2 is 2.00 bits per heavy atom. The molecule has 20 heavy (non-hydrogen) atoms. The van der Waals surface area contributed by atoms with Crippen molar-refractivity contribution >= 4 is 5.97 Å². The summed E-state index contributed by atoms with van der Waals surface area (Å²) in [6, 6.07) is 9.69. The third-order valence-corrected chi connectivity index (χ3v) is 3.04. The van der Waals surface area contributed by atoms with Crippen LogP contribution in [0.15, 0.2) is 54.1 Å². The Bertz CT molecular complexity index is 458. The van der Waals surface area contributed by atoms with Crippen molar-refractivity contribution in [1.82, 2.24) is 0 Å². The Kier molecular flexibility index (Phi) is 7.41. The lowest BCUT2D eigenvalue weighted by molar-refractivity contribution is -0.147. The summed E-state index contributed by atoms with van der Waals surface area (Å²) in [4.78, 5) is 11.8. The minimum atomic E-state index is -0.154. The highest BCUT2D eigenvalue weighted by molar-refractivity contribution is 5.72. The molecule has 1 atom stereocenters. The average molecular weight is 272 g/mol. The summed E-state index contributed by atoms with van der Waals surface area (Å²) in [7, 11) is 0. The molecular formula is C18H24O2. The maximum atomic E-state index is 11.8. The maximum absolute atomic E-state index is 11.8. The number of allylic oxidation sites excluding steroid dienone is 4. The monoisotopic (exact) mass is 272 g/mol. The van der Waals surface area contributed by atoms with E-state index in [9.17, 15) is 4.79 Å². The topological polar surface area (TPSA) is 26.3 Å². The Hall–Kier alpha value is -1.83. The summed E-state index contributed by atoms with van der Waals surface area (Å²) < 4.78 is 5.42. The van der Waals surface area contributed by atoms with Gasteiger partial charge in [-0.05, 0) is 39.2 Å². The van der Waals surface area contributed by atoms with Crippen LogP contribution in [0.1, 0.15) is 39.2 Å². The molecule has 0 spiro atoms. The molecule has 0 aliphatic rings. The van der Waals surface area contributed by atoms with Gasteiger partial charge in [0, 0.05) is 0 Å². The number of rotatable bonds is 7. The van der Waals surface area contributed by atoms with Gasteiger partial charge in [0.2, 0.25) is 0 Å². The van der Waals surface area contributed by atoms with Gasteiger partial charge in [0.05, 0.1) is 12.5 Å². The summed E-state index contributed by atoms with van der Waals surface area (Å²) in [6.07, 6.45) is 8.25. The van der Waals surface area contributed by atoms with Gasteiger partial charge >= 0.3 is 5.97 Å². The fraction of sp³-hybridized carbons (Fsp3) is 0.389. The van der Waals surface area contributed by atoms with Crippen LogP contribution in [0.5, 0.6) is 0 Å². The maximum Gasteiger partial charge on any atom is 0.310 e. The van der Waals surface area contributed by atoms with Crippen molar-refractivity contribution in [2.75, 3.05) is 0 Å².